The summed E-state index contributed by atoms with van der Waals surface area (Å²) >= 11 is 6.28. The van der Waals surface area contributed by atoms with Gasteiger partial charge in [0.2, 0.25) is 0 Å². The maximum Gasteiger partial charge on any atom is 0.276 e. The monoisotopic (exact) mass is 464 g/mol. The Hall–Kier alpha value is -3.13. The second-order valence-electron chi connectivity index (χ2n) is 8.35. The predicted molar refractivity (Wildman–Crippen MR) is 130 cm³/mol. The third kappa shape index (κ3) is 4.27. The molecule has 0 bridgehead atoms. The molecule has 0 unspecified atom stereocenters. The summed E-state index contributed by atoms with van der Waals surface area (Å²) in [4.78, 5) is 28.7. The van der Waals surface area contributed by atoms with Crippen LogP contribution in [-0.2, 0) is 24.9 Å². The fourth-order valence-corrected chi connectivity index (χ4v) is 4.67. The Morgan fingerprint density at radius 1 is 0.970 bits per heavy atom. The lowest BCUT2D eigenvalue weighted by molar-refractivity contribution is 0.0340. The fourth-order valence-electron chi connectivity index (χ4n) is 4.48. The second-order valence-corrected chi connectivity index (χ2v) is 8.79. The summed E-state index contributed by atoms with van der Waals surface area (Å²) in [6, 6.07) is 16.9. The van der Waals surface area contributed by atoms with E-state index in [0.717, 1.165) is 49.5 Å². The molecule has 4 aromatic rings. The molecule has 1 fully saturated rings. The van der Waals surface area contributed by atoms with E-state index in [0.29, 0.717) is 28.2 Å². The molecule has 2 aromatic carbocycles. The lowest BCUT2D eigenvalue weighted by atomic mass is 10.0. The minimum atomic E-state index is -0.185. The maximum absolute atomic E-state index is 13.3. The first-order chi connectivity index (χ1) is 16.0. The van der Waals surface area contributed by atoms with Crippen molar-refractivity contribution in [3.63, 3.8) is 0 Å². The lowest BCUT2D eigenvalue weighted by Gasteiger charge is -2.27. The van der Waals surface area contributed by atoms with Crippen LogP contribution in [0.1, 0.15) is 11.1 Å². The van der Waals surface area contributed by atoms with Gasteiger partial charge in [-0.15, -0.1) is 0 Å². The van der Waals surface area contributed by atoms with Crippen LogP contribution < -0.4 is 11.1 Å². The molecule has 0 amide bonds. The number of aryl methyl sites for hydroxylation is 1. The number of nitrogens with zero attached hydrogens (tertiary/aromatic N) is 3. The van der Waals surface area contributed by atoms with E-state index in [2.05, 4.69) is 16.1 Å². The molecule has 33 heavy (non-hydrogen) atoms. The normalized spacial score (nSPS) is 14.7. The van der Waals surface area contributed by atoms with E-state index < -0.39 is 0 Å². The number of aromatic amines is 1. The van der Waals surface area contributed by atoms with E-state index in [4.69, 9.17) is 16.3 Å². The Kier molecular flexibility index (Phi) is 5.93. The molecule has 5 rings (SSSR count). The summed E-state index contributed by atoms with van der Waals surface area (Å²) < 4.78 is 8.55. The first kappa shape index (κ1) is 21.7. The molecule has 0 radical (unpaired) electrons. The van der Waals surface area contributed by atoms with Crippen LogP contribution >= 0.6 is 11.6 Å². The minimum absolute atomic E-state index is 0.180. The first-order valence-electron chi connectivity index (χ1n) is 11.0. The number of rotatable bonds is 5. The number of ether oxygens (including phenoxy) is 1. The Bertz CT molecular complexity index is 1430. The van der Waals surface area contributed by atoms with Crippen LogP contribution in [-0.4, -0.2) is 45.6 Å². The SMILES string of the molecule is Cn1[nH]c2cc(=O)n(Cc3ccccc3CN3CCOCC3)c(-c3cccc(Cl)c3)c2c1=O. The van der Waals surface area contributed by atoms with Crippen LogP contribution in [0.2, 0.25) is 5.02 Å². The van der Waals surface area contributed by atoms with Gasteiger partial charge in [0, 0.05) is 43.3 Å². The standard InChI is InChI=1S/C25H25ClN4O3/c1-28-25(32)23-21(27-28)14-22(31)30(24(23)17-7-4-8-20(26)13-17)16-19-6-3-2-5-18(19)15-29-9-11-33-12-10-29/h2-8,13-14,27H,9-12,15-16H2,1H3. The summed E-state index contributed by atoms with van der Waals surface area (Å²) in [5.41, 5.74) is 3.65. The molecule has 2 aromatic heterocycles. The molecular weight excluding hydrogens is 440 g/mol. The van der Waals surface area contributed by atoms with Crippen molar-refractivity contribution in [2.24, 2.45) is 7.05 Å². The second kappa shape index (κ2) is 9.02. The van der Waals surface area contributed by atoms with Gasteiger partial charge in [0.05, 0.1) is 36.4 Å². The van der Waals surface area contributed by atoms with Crippen molar-refractivity contribution < 1.29 is 4.74 Å². The third-order valence-corrected chi connectivity index (χ3v) is 6.39. The highest BCUT2D eigenvalue weighted by Crippen LogP contribution is 2.28. The van der Waals surface area contributed by atoms with Gasteiger partial charge in [-0.3, -0.25) is 24.3 Å². The van der Waals surface area contributed by atoms with Gasteiger partial charge < -0.3 is 9.30 Å². The molecule has 0 aliphatic carbocycles. The topological polar surface area (TPSA) is 72.3 Å². The zero-order valence-corrected chi connectivity index (χ0v) is 19.1. The summed E-state index contributed by atoms with van der Waals surface area (Å²) in [5.74, 6) is 0. The zero-order valence-electron chi connectivity index (χ0n) is 18.4. The number of morpholine rings is 1. The van der Waals surface area contributed by atoms with Crippen molar-refractivity contribution in [3.05, 3.63) is 91.5 Å². The van der Waals surface area contributed by atoms with Gasteiger partial charge in [-0.05, 0) is 23.3 Å². The van der Waals surface area contributed by atoms with E-state index >= 15 is 0 Å². The van der Waals surface area contributed by atoms with Crippen molar-refractivity contribution in [2.75, 3.05) is 26.3 Å². The van der Waals surface area contributed by atoms with Gasteiger partial charge in [0.1, 0.15) is 0 Å². The van der Waals surface area contributed by atoms with Gasteiger partial charge in [0.15, 0.2) is 0 Å². The summed E-state index contributed by atoms with van der Waals surface area (Å²) in [6.07, 6.45) is 0. The van der Waals surface area contributed by atoms with Crippen LogP contribution in [0.4, 0.5) is 0 Å². The highest BCUT2D eigenvalue weighted by molar-refractivity contribution is 6.30. The van der Waals surface area contributed by atoms with Crippen LogP contribution in [0.5, 0.6) is 0 Å². The van der Waals surface area contributed by atoms with Crippen molar-refractivity contribution in [1.29, 1.82) is 0 Å². The Balaban J connectivity index is 1.66. The largest absolute Gasteiger partial charge is 0.379 e. The number of nitrogens with one attached hydrogen (secondary N) is 1. The number of hydrogen-bond donors (Lipinski definition) is 1. The number of pyridine rings is 1. The first-order valence-corrected chi connectivity index (χ1v) is 11.3. The van der Waals surface area contributed by atoms with Crippen LogP contribution in [0.3, 0.4) is 0 Å². The fraction of sp³-hybridized carbons (Fsp3) is 0.280. The average Bonchev–Trinajstić information content (AvgIpc) is 3.09. The molecule has 1 N–H and O–H groups in total. The highest BCUT2D eigenvalue weighted by Gasteiger charge is 2.19. The Labute approximate surface area is 195 Å². The molecule has 3 heterocycles. The Morgan fingerprint density at radius 3 is 2.42 bits per heavy atom. The van der Waals surface area contributed by atoms with Crippen molar-refractivity contribution in [2.45, 2.75) is 13.1 Å². The van der Waals surface area contributed by atoms with Gasteiger partial charge in [-0.25, -0.2) is 0 Å². The Morgan fingerprint density at radius 2 is 1.70 bits per heavy atom. The van der Waals surface area contributed by atoms with E-state index in [1.807, 2.05) is 30.3 Å². The molecule has 1 aliphatic heterocycles. The summed E-state index contributed by atoms with van der Waals surface area (Å²) in [6.45, 7) is 4.36. The van der Waals surface area contributed by atoms with E-state index in [1.165, 1.54) is 10.7 Å². The maximum atomic E-state index is 13.3. The molecule has 0 saturated carbocycles. The van der Waals surface area contributed by atoms with E-state index in [-0.39, 0.29) is 11.1 Å². The zero-order chi connectivity index (χ0) is 22.9. The van der Waals surface area contributed by atoms with Crippen LogP contribution in [0.15, 0.2) is 64.2 Å². The molecule has 7 nitrogen and oxygen atoms in total. The molecule has 170 valence electrons. The molecule has 1 aliphatic rings. The summed E-state index contributed by atoms with van der Waals surface area (Å²) in [5, 5.41) is 4.01. The number of benzene rings is 2. The predicted octanol–water partition coefficient (Wildman–Crippen LogP) is 3.23. The third-order valence-electron chi connectivity index (χ3n) is 6.16. The summed E-state index contributed by atoms with van der Waals surface area (Å²) in [7, 11) is 1.65. The number of H-pyrrole nitrogens is 1. The number of hydrogen-bond acceptors (Lipinski definition) is 4. The highest BCUT2D eigenvalue weighted by atomic mass is 35.5. The van der Waals surface area contributed by atoms with Gasteiger partial charge in [0.25, 0.3) is 11.1 Å². The molecule has 1 saturated heterocycles. The lowest BCUT2D eigenvalue weighted by Crippen LogP contribution is -2.36. The molecule has 0 spiro atoms. The van der Waals surface area contributed by atoms with E-state index in [9.17, 15) is 9.59 Å². The van der Waals surface area contributed by atoms with Gasteiger partial charge in [-0.1, -0.05) is 48.0 Å². The molecular formula is C25H25ClN4O3. The van der Waals surface area contributed by atoms with Crippen molar-refractivity contribution >= 4 is 22.5 Å². The number of aromatic nitrogens is 3. The average molecular weight is 465 g/mol. The smallest absolute Gasteiger partial charge is 0.276 e. The van der Waals surface area contributed by atoms with Gasteiger partial charge in [-0.2, -0.15) is 0 Å². The van der Waals surface area contributed by atoms with Crippen molar-refractivity contribution in [1.82, 2.24) is 19.2 Å². The molecule has 8 heteroatoms. The van der Waals surface area contributed by atoms with Crippen LogP contribution in [0.25, 0.3) is 22.2 Å². The van der Waals surface area contributed by atoms with Gasteiger partial charge >= 0.3 is 0 Å². The quantitative estimate of drug-likeness (QED) is 0.492. The van der Waals surface area contributed by atoms with Crippen molar-refractivity contribution in [3.8, 4) is 11.3 Å². The minimum Gasteiger partial charge on any atom is -0.379 e. The molecule has 0 atom stereocenters. The number of halogens is 1. The number of fused-ring (bicyclic) bond motifs is 1. The van der Waals surface area contributed by atoms with E-state index in [1.54, 1.807) is 23.7 Å². The van der Waals surface area contributed by atoms with Crippen LogP contribution in [0, 0.1) is 0 Å².